The highest BCUT2D eigenvalue weighted by Gasteiger charge is 2.35. The van der Waals surface area contributed by atoms with Crippen molar-refractivity contribution >= 4 is 28.4 Å². The second-order valence-corrected chi connectivity index (χ2v) is 6.56. The summed E-state index contributed by atoms with van der Waals surface area (Å²) in [5.41, 5.74) is 7.52. The molecule has 1 heterocycles. The maximum absolute atomic E-state index is 6.15. The lowest BCUT2D eigenvalue weighted by molar-refractivity contribution is 0.135. The second-order valence-electron chi connectivity index (χ2n) is 5.48. The van der Waals surface area contributed by atoms with Crippen LogP contribution in [-0.2, 0) is 0 Å². The quantitative estimate of drug-likeness (QED) is 0.799. The van der Waals surface area contributed by atoms with Gasteiger partial charge in [-0.15, -0.1) is 0 Å². The molecule has 0 radical (unpaired) electrons. The van der Waals surface area contributed by atoms with Gasteiger partial charge in [0.05, 0.1) is 15.3 Å². The van der Waals surface area contributed by atoms with Gasteiger partial charge in [-0.25, -0.2) is 4.68 Å². The number of halogens is 1. The largest absolute Gasteiger partial charge is 0.383 e. The van der Waals surface area contributed by atoms with Crippen LogP contribution < -0.4 is 5.73 Å². The van der Waals surface area contributed by atoms with Crippen molar-refractivity contribution in [2.45, 2.75) is 52.5 Å². The molecule has 1 atom stereocenters. The molecule has 1 aromatic rings. The van der Waals surface area contributed by atoms with Crippen LogP contribution in [0.4, 0.5) is 5.82 Å². The van der Waals surface area contributed by atoms with Crippen LogP contribution in [0.5, 0.6) is 0 Å². The van der Waals surface area contributed by atoms with E-state index in [0.29, 0.717) is 11.5 Å². The predicted molar refractivity (Wildman–Crippen MR) is 75.4 cm³/mol. The monoisotopic (exact) mass is 333 g/mol. The second kappa shape index (κ2) is 4.20. The number of aromatic nitrogens is 2. The molecule has 3 nitrogen and oxygen atoms in total. The van der Waals surface area contributed by atoms with Crippen LogP contribution in [0.25, 0.3) is 0 Å². The Morgan fingerprint density at radius 2 is 2.12 bits per heavy atom. The van der Waals surface area contributed by atoms with Gasteiger partial charge in [0.1, 0.15) is 5.82 Å². The first-order valence-corrected chi connectivity index (χ1v) is 7.01. The maximum Gasteiger partial charge on any atom is 0.135 e. The molecule has 1 aliphatic rings. The van der Waals surface area contributed by atoms with Gasteiger partial charge < -0.3 is 5.73 Å². The lowest BCUT2D eigenvalue weighted by atomic mass is 9.73. The zero-order valence-electron chi connectivity index (χ0n) is 10.3. The number of nitrogens with two attached hydrogens (primary N) is 1. The van der Waals surface area contributed by atoms with Gasteiger partial charge in [0.2, 0.25) is 0 Å². The standard InChI is InChI=1S/C12H20IN3/c1-8-10(13)11(14)16(15-8)9-6-4-5-7-12(9,2)3/h9H,4-7,14H2,1-3H3. The molecule has 2 N–H and O–H groups in total. The van der Waals surface area contributed by atoms with E-state index in [0.717, 1.165) is 15.1 Å². The van der Waals surface area contributed by atoms with Crippen molar-refractivity contribution in [2.75, 3.05) is 5.73 Å². The molecule has 2 rings (SSSR count). The Balaban J connectivity index is 2.39. The van der Waals surface area contributed by atoms with Gasteiger partial charge in [-0.05, 0) is 47.8 Å². The molecular weight excluding hydrogens is 313 g/mol. The Hall–Kier alpha value is -0.260. The van der Waals surface area contributed by atoms with Crippen LogP contribution in [-0.4, -0.2) is 9.78 Å². The summed E-state index contributed by atoms with van der Waals surface area (Å²) in [6.07, 6.45) is 5.10. The lowest BCUT2D eigenvalue weighted by Gasteiger charge is -2.39. The third-order valence-electron chi connectivity index (χ3n) is 3.79. The van der Waals surface area contributed by atoms with Crippen molar-refractivity contribution in [1.82, 2.24) is 9.78 Å². The van der Waals surface area contributed by atoms with Gasteiger partial charge in [0, 0.05) is 0 Å². The van der Waals surface area contributed by atoms with Crippen molar-refractivity contribution in [2.24, 2.45) is 5.41 Å². The van der Waals surface area contributed by atoms with Crippen molar-refractivity contribution < 1.29 is 0 Å². The average molecular weight is 333 g/mol. The normalized spacial score (nSPS) is 24.6. The first-order chi connectivity index (χ1) is 7.43. The fraction of sp³-hybridized carbons (Fsp3) is 0.750. The highest BCUT2D eigenvalue weighted by atomic mass is 127. The van der Waals surface area contributed by atoms with Gasteiger partial charge in [-0.2, -0.15) is 5.10 Å². The Kier molecular flexibility index (Phi) is 3.20. The van der Waals surface area contributed by atoms with E-state index in [4.69, 9.17) is 5.73 Å². The van der Waals surface area contributed by atoms with Gasteiger partial charge in [0.15, 0.2) is 0 Å². The number of nitrogens with zero attached hydrogens (tertiary/aromatic N) is 2. The summed E-state index contributed by atoms with van der Waals surface area (Å²) in [4.78, 5) is 0. The highest BCUT2D eigenvalue weighted by molar-refractivity contribution is 14.1. The Bertz CT molecular complexity index is 395. The van der Waals surface area contributed by atoms with Crippen LogP contribution >= 0.6 is 22.6 Å². The molecule has 0 amide bonds. The zero-order valence-corrected chi connectivity index (χ0v) is 12.4. The average Bonchev–Trinajstić information content (AvgIpc) is 2.46. The van der Waals surface area contributed by atoms with E-state index >= 15 is 0 Å². The summed E-state index contributed by atoms with van der Waals surface area (Å²) in [5, 5.41) is 4.61. The summed E-state index contributed by atoms with van der Waals surface area (Å²) < 4.78 is 3.18. The van der Waals surface area contributed by atoms with E-state index in [1.54, 1.807) is 0 Å². The van der Waals surface area contributed by atoms with Crippen molar-refractivity contribution in [3.63, 3.8) is 0 Å². The topological polar surface area (TPSA) is 43.8 Å². The third-order valence-corrected chi connectivity index (χ3v) is 5.13. The van der Waals surface area contributed by atoms with Gasteiger partial charge >= 0.3 is 0 Å². The molecule has 0 aromatic carbocycles. The number of rotatable bonds is 1. The molecule has 4 heteroatoms. The van der Waals surface area contributed by atoms with E-state index in [1.165, 1.54) is 25.7 Å². The third kappa shape index (κ3) is 1.96. The number of anilines is 1. The summed E-state index contributed by atoms with van der Waals surface area (Å²) >= 11 is 2.29. The highest BCUT2D eigenvalue weighted by Crippen LogP contribution is 2.44. The lowest BCUT2D eigenvalue weighted by Crippen LogP contribution is -2.31. The van der Waals surface area contributed by atoms with Gasteiger partial charge in [-0.1, -0.05) is 26.7 Å². The summed E-state index contributed by atoms with van der Waals surface area (Å²) in [5.74, 6) is 0.845. The Morgan fingerprint density at radius 1 is 1.44 bits per heavy atom. The molecule has 0 bridgehead atoms. The molecule has 16 heavy (non-hydrogen) atoms. The van der Waals surface area contributed by atoms with Crippen LogP contribution in [0.15, 0.2) is 0 Å². The van der Waals surface area contributed by atoms with Crippen LogP contribution in [0.2, 0.25) is 0 Å². The molecule has 0 aliphatic heterocycles. The van der Waals surface area contributed by atoms with Crippen LogP contribution in [0.1, 0.15) is 51.3 Å². The maximum atomic E-state index is 6.15. The Morgan fingerprint density at radius 3 is 2.62 bits per heavy atom. The van der Waals surface area contributed by atoms with E-state index in [2.05, 4.69) is 46.2 Å². The van der Waals surface area contributed by atoms with Crippen LogP contribution in [0.3, 0.4) is 0 Å². The molecule has 1 fully saturated rings. The van der Waals surface area contributed by atoms with E-state index in [-0.39, 0.29) is 0 Å². The number of hydrogen-bond acceptors (Lipinski definition) is 2. The minimum atomic E-state index is 0.313. The number of aryl methyl sites for hydroxylation is 1. The minimum Gasteiger partial charge on any atom is -0.383 e. The molecule has 1 aliphatic carbocycles. The number of nitrogen functional groups attached to an aromatic ring is 1. The summed E-state index contributed by atoms with van der Waals surface area (Å²) in [6, 6.07) is 0.462. The van der Waals surface area contributed by atoms with E-state index in [1.807, 2.05) is 6.92 Å². The van der Waals surface area contributed by atoms with Crippen molar-refractivity contribution in [1.29, 1.82) is 0 Å². The SMILES string of the molecule is Cc1nn(C2CCCCC2(C)C)c(N)c1I. The fourth-order valence-electron chi connectivity index (χ4n) is 2.71. The minimum absolute atomic E-state index is 0.313. The van der Waals surface area contributed by atoms with E-state index in [9.17, 15) is 0 Å². The summed E-state index contributed by atoms with van der Waals surface area (Å²) in [7, 11) is 0. The molecular formula is C12H20IN3. The first-order valence-electron chi connectivity index (χ1n) is 5.93. The van der Waals surface area contributed by atoms with Gasteiger partial charge in [0.25, 0.3) is 0 Å². The van der Waals surface area contributed by atoms with E-state index < -0.39 is 0 Å². The smallest absolute Gasteiger partial charge is 0.135 e. The first kappa shape index (κ1) is 12.2. The molecule has 1 unspecified atom stereocenters. The molecule has 0 spiro atoms. The fourth-order valence-corrected chi connectivity index (χ4v) is 3.07. The van der Waals surface area contributed by atoms with Crippen LogP contribution in [0, 0.1) is 15.9 Å². The molecule has 90 valence electrons. The molecule has 0 saturated heterocycles. The molecule has 1 saturated carbocycles. The summed E-state index contributed by atoms with van der Waals surface area (Å²) in [6.45, 7) is 6.70. The van der Waals surface area contributed by atoms with Gasteiger partial charge in [-0.3, -0.25) is 0 Å². The number of hydrogen-bond donors (Lipinski definition) is 1. The predicted octanol–water partition coefficient (Wildman–Crippen LogP) is 3.52. The van der Waals surface area contributed by atoms with Crippen molar-refractivity contribution in [3.8, 4) is 0 Å². The zero-order chi connectivity index (χ0) is 11.9. The Labute approximate surface area is 111 Å². The molecule has 1 aromatic heterocycles. The van der Waals surface area contributed by atoms with Crippen molar-refractivity contribution in [3.05, 3.63) is 9.26 Å².